The summed E-state index contributed by atoms with van der Waals surface area (Å²) in [5.74, 6) is 0. The van der Waals surface area contributed by atoms with E-state index in [1.165, 1.54) is 0 Å². The molecule has 0 aromatic heterocycles. The summed E-state index contributed by atoms with van der Waals surface area (Å²) in [6.45, 7) is 3.97. The zero-order valence-electron chi connectivity index (χ0n) is 17.7. The minimum atomic E-state index is -3.52. The molecule has 2 N–H and O–H groups in total. The second kappa shape index (κ2) is 8.94. The highest BCUT2D eigenvalue weighted by Crippen LogP contribution is 2.30. The molecule has 3 aromatic rings. The fraction of sp³-hybridized carbons (Fsp3) is 0.292. The molecule has 1 saturated heterocycles. The lowest BCUT2D eigenvalue weighted by molar-refractivity contribution is 0.204. The van der Waals surface area contributed by atoms with E-state index >= 15 is 0 Å². The van der Waals surface area contributed by atoms with E-state index in [-0.39, 0.29) is 12.1 Å². The van der Waals surface area contributed by atoms with E-state index in [1.807, 2.05) is 44.2 Å². The number of anilines is 2. The summed E-state index contributed by atoms with van der Waals surface area (Å²) in [4.78, 5) is 0.312. The van der Waals surface area contributed by atoms with Crippen molar-refractivity contribution in [1.82, 2.24) is 4.31 Å². The van der Waals surface area contributed by atoms with Gasteiger partial charge in [0, 0.05) is 28.8 Å². The summed E-state index contributed by atoms with van der Waals surface area (Å²) < 4.78 is 28.0. The van der Waals surface area contributed by atoms with E-state index in [1.54, 1.807) is 28.6 Å². The first-order chi connectivity index (χ1) is 14.9. The molecule has 0 bridgehead atoms. The van der Waals surface area contributed by atoms with Crippen LogP contribution in [0, 0.1) is 0 Å². The van der Waals surface area contributed by atoms with Crippen molar-refractivity contribution in [3.8, 4) is 0 Å². The highest BCUT2D eigenvalue weighted by atomic mass is 32.2. The van der Waals surface area contributed by atoms with Gasteiger partial charge in [0.1, 0.15) is 0 Å². The SMILES string of the molecule is CC1CCCC(C)N1S(=O)(=O)c1ccc(NC(=S)Nc2cccc3ccccc23)cc1. The second-order valence-electron chi connectivity index (χ2n) is 8.09. The zero-order chi connectivity index (χ0) is 22.0. The van der Waals surface area contributed by atoms with Gasteiger partial charge in [-0.05, 0) is 74.6 Å². The van der Waals surface area contributed by atoms with E-state index in [0.29, 0.717) is 10.0 Å². The summed E-state index contributed by atoms with van der Waals surface area (Å²) in [6, 6.07) is 20.9. The van der Waals surface area contributed by atoms with Gasteiger partial charge in [-0.2, -0.15) is 4.31 Å². The first-order valence-corrected chi connectivity index (χ1v) is 12.4. The third-order valence-corrected chi connectivity index (χ3v) is 8.18. The van der Waals surface area contributed by atoms with Crippen LogP contribution < -0.4 is 10.6 Å². The Morgan fingerprint density at radius 3 is 2.26 bits per heavy atom. The lowest BCUT2D eigenvalue weighted by Crippen LogP contribution is -2.47. The van der Waals surface area contributed by atoms with Gasteiger partial charge in [-0.3, -0.25) is 0 Å². The van der Waals surface area contributed by atoms with Crippen LogP contribution in [0.2, 0.25) is 0 Å². The Morgan fingerprint density at radius 2 is 1.55 bits per heavy atom. The molecule has 1 aliphatic heterocycles. The van der Waals surface area contributed by atoms with Crippen LogP contribution in [0.5, 0.6) is 0 Å². The lowest BCUT2D eigenvalue weighted by atomic mass is 10.0. The normalized spacial score (nSPS) is 19.8. The average molecular weight is 454 g/mol. The summed E-state index contributed by atoms with van der Waals surface area (Å²) in [7, 11) is -3.52. The van der Waals surface area contributed by atoms with Crippen LogP contribution in [0.15, 0.2) is 71.6 Å². The van der Waals surface area contributed by atoms with E-state index in [9.17, 15) is 8.42 Å². The molecule has 5 nitrogen and oxygen atoms in total. The van der Waals surface area contributed by atoms with Crippen LogP contribution in [0.4, 0.5) is 11.4 Å². The average Bonchev–Trinajstić information content (AvgIpc) is 2.74. The Hall–Kier alpha value is -2.48. The molecule has 2 unspecified atom stereocenters. The first kappa shape index (κ1) is 21.7. The number of rotatable bonds is 4. The smallest absolute Gasteiger partial charge is 0.243 e. The van der Waals surface area contributed by atoms with Crippen molar-refractivity contribution < 1.29 is 8.42 Å². The number of benzene rings is 3. The largest absolute Gasteiger partial charge is 0.332 e. The van der Waals surface area contributed by atoms with Gasteiger partial charge in [0.2, 0.25) is 10.0 Å². The van der Waals surface area contributed by atoms with Crippen molar-refractivity contribution >= 4 is 49.5 Å². The molecule has 0 aliphatic carbocycles. The molecule has 3 aromatic carbocycles. The number of fused-ring (bicyclic) bond motifs is 1. The lowest BCUT2D eigenvalue weighted by Gasteiger charge is -2.37. The number of piperidine rings is 1. The van der Waals surface area contributed by atoms with Crippen LogP contribution in [-0.4, -0.2) is 29.9 Å². The van der Waals surface area contributed by atoms with Gasteiger partial charge >= 0.3 is 0 Å². The van der Waals surface area contributed by atoms with Crippen LogP contribution in [0.1, 0.15) is 33.1 Å². The fourth-order valence-corrected chi connectivity index (χ4v) is 6.43. The van der Waals surface area contributed by atoms with E-state index in [0.717, 1.165) is 41.4 Å². The molecule has 7 heteroatoms. The molecule has 162 valence electrons. The molecular weight excluding hydrogens is 426 g/mol. The van der Waals surface area contributed by atoms with E-state index in [2.05, 4.69) is 22.8 Å². The summed E-state index contributed by atoms with van der Waals surface area (Å²) >= 11 is 5.47. The predicted octanol–water partition coefficient (Wildman–Crippen LogP) is 5.60. The highest BCUT2D eigenvalue weighted by Gasteiger charge is 2.35. The topological polar surface area (TPSA) is 61.4 Å². The van der Waals surface area contributed by atoms with Gasteiger partial charge in [-0.25, -0.2) is 8.42 Å². The maximum atomic E-state index is 13.2. The standard InChI is InChI=1S/C24H27N3O2S2/c1-17-7-5-8-18(2)27(17)31(28,29)21-15-13-20(14-16-21)25-24(30)26-23-12-6-10-19-9-3-4-11-22(19)23/h3-4,6,9-18H,5,7-8H2,1-2H3,(H2,25,26,30). The van der Waals surface area contributed by atoms with Gasteiger partial charge in [-0.15, -0.1) is 0 Å². The Morgan fingerprint density at radius 1 is 0.903 bits per heavy atom. The van der Waals surface area contributed by atoms with E-state index in [4.69, 9.17) is 12.2 Å². The van der Waals surface area contributed by atoms with Crippen molar-refractivity contribution in [1.29, 1.82) is 0 Å². The van der Waals surface area contributed by atoms with Crippen molar-refractivity contribution in [3.05, 3.63) is 66.7 Å². The quantitative estimate of drug-likeness (QED) is 0.504. The molecule has 1 aliphatic rings. The monoisotopic (exact) mass is 453 g/mol. The molecule has 0 spiro atoms. The van der Waals surface area contributed by atoms with Crippen molar-refractivity contribution in [3.63, 3.8) is 0 Å². The Labute approximate surface area is 189 Å². The molecule has 2 atom stereocenters. The molecule has 0 radical (unpaired) electrons. The number of hydrogen-bond donors (Lipinski definition) is 2. The summed E-state index contributed by atoms with van der Waals surface area (Å²) in [6.07, 6.45) is 2.87. The van der Waals surface area contributed by atoms with Crippen LogP contribution >= 0.6 is 12.2 Å². The maximum Gasteiger partial charge on any atom is 0.243 e. The summed E-state index contributed by atoms with van der Waals surface area (Å²) in [5.41, 5.74) is 1.65. The molecule has 4 rings (SSSR count). The third kappa shape index (κ3) is 4.59. The molecule has 1 heterocycles. The van der Waals surface area contributed by atoms with Gasteiger partial charge < -0.3 is 10.6 Å². The minimum absolute atomic E-state index is 0.0176. The maximum absolute atomic E-state index is 13.2. The van der Waals surface area contributed by atoms with Crippen LogP contribution in [-0.2, 0) is 10.0 Å². The Bertz CT molecular complexity index is 1180. The Balaban J connectivity index is 1.47. The molecule has 31 heavy (non-hydrogen) atoms. The van der Waals surface area contributed by atoms with Gasteiger partial charge in [0.15, 0.2) is 5.11 Å². The van der Waals surface area contributed by atoms with Crippen LogP contribution in [0.3, 0.4) is 0 Å². The second-order valence-corrected chi connectivity index (χ2v) is 10.3. The minimum Gasteiger partial charge on any atom is -0.332 e. The molecule has 0 saturated carbocycles. The summed E-state index contributed by atoms with van der Waals surface area (Å²) in [5, 5.41) is 9.04. The molecular formula is C24H27N3O2S2. The van der Waals surface area contributed by atoms with Gasteiger partial charge in [-0.1, -0.05) is 42.8 Å². The van der Waals surface area contributed by atoms with Crippen molar-refractivity contribution in [2.24, 2.45) is 0 Å². The zero-order valence-corrected chi connectivity index (χ0v) is 19.3. The van der Waals surface area contributed by atoms with Gasteiger partial charge in [0.25, 0.3) is 0 Å². The highest BCUT2D eigenvalue weighted by molar-refractivity contribution is 7.89. The van der Waals surface area contributed by atoms with Gasteiger partial charge in [0.05, 0.1) is 4.90 Å². The van der Waals surface area contributed by atoms with Crippen molar-refractivity contribution in [2.45, 2.75) is 50.1 Å². The number of nitrogens with zero attached hydrogens (tertiary/aromatic N) is 1. The predicted molar refractivity (Wildman–Crippen MR) is 132 cm³/mol. The number of sulfonamides is 1. The number of thiocarbonyl (C=S) groups is 1. The van der Waals surface area contributed by atoms with E-state index < -0.39 is 10.0 Å². The van der Waals surface area contributed by atoms with Crippen molar-refractivity contribution in [2.75, 3.05) is 10.6 Å². The molecule has 1 fully saturated rings. The third-order valence-electron chi connectivity index (χ3n) is 5.84. The Kier molecular flexibility index (Phi) is 6.27. The number of hydrogen-bond acceptors (Lipinski definition) is 3. The first-order valence-electron chi connectivity index (χ1n) is 10.6. The number of nitrogens with one attached hydrogen (secondary N) is 2. The van der Waals surface area contributed by atoms with Crippen LogP contribution in [0.25, 0.3) is 10.8 Å². The molecule has 0 amide bonds. The fourth-order valence-electron chi connectivity index (χ4n) is 4.32.